The van der Waals surface area contributed by atoms with Crippen molar-refractivity contribution in [3.8, 4) is 0 Å². The predicted octanol–water partition coefficient (Wildman–Crippen LogP) is 4.96. The van der Waals surface area contributed by atoms with Crippen molar-refractivity contribution in [2.75, 3.05) is 13.1 Å². The molecule has 134 valence electrons. The van der Waals surface area contributed by atoms with Crippen LogP contribution in [0, 0.1) is 6.92 Å². The Morgan fingerprint density at radius 3 is 2.44 bits per heavy atom. The average Bonchev–Trinajstić information content (AvgIpc) is 3.08. The molecule has 4 heteroatoms. The lowest BCUT2D eigenvalue weighted by molar-refractivity contribution is 0.153. The Kier molecular flexibility index (Phi) is 5.38. The summed E-state index contributed by atoms with van der Waals surface area (Å²) in [5.41, 5.74) is 4.59. The molecule has 0 amide bonds. The van der Waals surface area contributed by atoms with Crippen molar-refractivity contribution in [3.05, 3.63) is 36.3 Å². The molecular formula is C21H30N4. The molecular weight excluding hydrogens is 308 g/mol. The molecule has 25 heavy (non-hydrogen) atoms. The van der Waals surface area contributed by atoms with E-state index in [4.69, 9.17) is 0 Å². The van der Waals surface area contributed by atoms with Crippen LogP contribution in [0.3, 0.4) is 0 Å². The van der Waals surface area contributed by atoms with Gasteiger partial charge in [-0.2, -0.15) is 0 Å². The Morgan fingerprint density at radius 2 is 1.76 bits per heavy atom. The first-order valence-corrected chi connectivity index (χ1v) is 9.59. The first-order chi connectivity index (χ1) is 12.1. The van der Waals surface area contributed by atoms with Gasteiger partial charge in [0.05, 0.1) is 23.6 Å². The summed E-state index contributed by atoms with van der Waals surface area (Å²) in [5, 5.41) is 1.23. The van der Waals surface area contributed by atoms with Gasteiger partial charge in [-0.05, 0) is 45.7 Å². The third-order valence-corrected chi connectivity index (χ3v) is 5.18. The molecule has 0 atom stereocenters. The number of aryl methyl sites for hydroxylation is 1. The van der Waals surface area contributed by atoms with Crippen molar-refractivity contribution in [2.45, 2.75) is 59.5 Å². The summed E-state index contributed by atoms with van der Waals surface area (Å²) in [5.74, 6) is 0. The van der Waals surface area contributed by atoms with Gasteiger partial charge in [-0.3, -0.25) is 4.98 Å². The second kappa shape index (κ2) is 7.52. The largest absolute Gasteiger partial charge is 0.327 e. The number of aromatic nitrogens is 3. The molecule has 2 aromatic heterocycles. The lowest BCUT2D eigenvalue weighted by atomic mass is 10.0. The Balaban J connectivity index is 0.000000880. The molecule has 4 rings (SSSR count). The van der Waals surface area contributed by atoms with Gasteiger partial charge in [-0.15, -0.1) is 0 Å². The molecule has 0 saturated carbocycles. The van der Waals surface area contributed by atoms with Crippen LogP contribution in [0.25, 0.3) is 21.9 Å². The topological polar surface area (TPSA) is 34.0 Å². The molecule has 0 spiro atoms. The first-order valence-electron chi connectivity index (χ1n) is 9.59. The maximum Gasteiger partial charge on any atom is 0.107 e. The second-order valence-corrected chi connectivity index (χ2v) is 7.03. The van der Waals surface area contributed by atoms with Gasteiger partial charge < -0.3 is 9.47 Å². The smallest absolute Gasteiger partial charge is 0.107 e. The number of pyridine rings is 1. The van der Waals surface area contributed by atoms with Crippen molar-refractivity contribution >= 4 is 21.9 Å². The fourth-order valence-electron chi connectivity index (χ4n) is 3.79. The number of imidazole rings is 1. The summed E-state index contributed by atoms with van der Waals surface area (Å²) in [7, 11) is 0. The minimum atomic E-state index is 0.543. The van der Waals surface area contributed by atoms with Gasteiger partial charge in [0.25, 0.3) is 0 Å². The van der Waals surface area contributed by atoms with E-state index >= 15 is 0 Å². The fourth-order valence-corrected chi connectivity index (χ4v) is 3.79. The van der Waals surface area contributed by atoms with E-state index in [0.29, 0.717) is 12.1 Å². The van der Waals surface area contributed by atoms with Crippen LogP contribution < -0.4 is 0 Å². The highest BCUT2D eigenvalue weighted by atomic mass is 15.2. The predicted molar refractivity (Wildman–Crippen MR) is 106 cm³/mol. The van der Waals surface area contributed by atoms with Crippen molar-refractivity contribution in [1.82, 2.24) is 19.4 Å². The molecule has 0 bridgehead atoms. The SMILES string of the molecule is CC.Cc1ccc2ncc3ncn(C4CCN(C(C)C)CC4)c3c2c1. The normalized spacial score (nSPS) is 16.4. The number of rotatable bonds is 2. The highest BCUT2D eigenvalue weighted by molar-refractivity contribution is 6.02. The molecule has 0 unspecified atom stereocenters. The van der Waals surface area contributed by atoms with Gasteiger partial charge in [0.1, 0.15) is 5.52 Å². The zero-order valence-corrected chi connectivity index (χ0v) is 16.2. The summed E-state index contributed by atoms with van der Waals surface area (Å²) in [6.45, 7) is 13.1. The lowest BCUT2D eigenvalue weighted by Gasteiger charge is -2.35. The highest BCUT2D eigenvalue weighted by Crippen LogP contribution is 2.31. The number of piperidine rings is 1. The van der Waals surface area contributed by atoms with Crippen LogP contribution in [0.4, 0.5) is 0 Å². The molecule has 0 N–H and O–H groups in total. The van der Waals surface area contributed by atoms with E-state index in [1.807, 2.05) is 26.4 Å². The Bertz CT molecular complexity index is 842. The summed E-state index contributed by atoms with van der Waals surface area (Å²) >= 11 is 0. The van der Waals surface area contributed by atoms with E-state index in [-0.39, 0.29) is 0 Å². The van der Waals surface area contributed by atoms with Gasteiger partial charge in [0.15, 0.2) is 0 Å². The van der Waals surface area contributed by atoms with Crippen LogP contribution in [-0.2, 0) is 0 Å². The molecule has 3 aromatic rings. The number of hydrogen-bond acceptors (Lipinski definition) is 3. The number of likely N-dealkylation sites (tertiary alicyclic amines) is 1. The van der Waals surface area contributed by atoms with Crippen LogP contribution in [0.15, 0.2) is 30.7 Å². The monoisotopic (exact) mass is 338 g/mol. The van der Waals surface area contributed by atoms with E-state index in [1.54, 1.807) is 0 Å². The second-order valence-electron chi connectivity index (χ2n) is 7.03. The summed E-state index contributed by atoms with van der Waals surface area (Å²) in [4.78, 5) is 11.7. The molecule has 1 fully saturated rings. The molecule has 3 heterocycles. The maximum atomic E-state index is 4.61. The van der Waals surface area contributed by atoms with E-state index in [0.717, 1.165) is 11.0 Å². The number of nitrogens with zero attached hydrogens (tertiary/aromatic N) is 4. The van der Waals surface area contributed by atoms with Crippen molar-refractivity contribution in [2.24, 2.45) is 0 Å². The molecule has 0 aliphatic carbocycles. The zero-order valence-electron chi connectivity index (χ0n) is 16.2. The van der Waals surface area contributed by atoms with E-state index < -0.39 is 0 Å². The minimum Gasteiger partial charge on any atom is -0.327 e. The molecule has 1 aromatic carbocycles. The van der Waals surface area contributed by atoms with Gasteiger partial charge >= 0.3 is 0 Å². The number of benzene rings is 1. The quantitative estimate of drug-likeness (QED) is 0.662. The molecule has 1 aliphatic heterocycles. The van der Waals surface area contributed by atoms with Crippen molar-refractivity contribution < 1.29 is 0 Å². The van der Waals surface area contributed by atoms with Crippen LogP contribution in [0.5, 0.6) is 0 Å². The van der Waals surface area contributed by atoms with Crippen molar-refractivity contribution in [1.29, 1.82) is 0 Å². The third-order valence-electron chi connectivity index (χ3n) is 5.18. The van der Waals surface area contributed by atoms with E-state index in [9.17, 15) is 0 Å². The van der Waals surface area contributed by atoms with E-state index in [2.05, 4.69) is 58.4 Å². The zero-order chi connectivity index (χ0) is 18.0. The van der Waals surface area contributed by atoms with Crippen molar-refractivity contribution in [3.63, 3.8) is 0 Å². The van der Waals surface area contributed by atoms with Crippen LogP contribution in [0.2, 0.25) is 0 Å². The Hall–Kier alpha value is -1.94. The third kappa shape index (κ3) is 3.40. The molecule has 4 nitrogen and oxygen atoms in total. The van der Waals surface area contributed by atoms with E-state index in [1.165, 1.54) is 42.4 Å². The molecule has 1 saturated heterocycles. The summed E-state index contributed by atoms with van der Waals surface area (Å²) in [6, 6.07) is 7.67. The van der Waals surface area contributed by atoms with Gasteiger partial charge in [0.2, 0.25) is 0 Å². The Morgan fingerprint density at radius 1 is 1.04 bits per heavy atom. The van der Waals surface area contributed by atoms with Crippen LogP contribution in [-0.4, -0.2) is 38.6 Å². The Labute approximate surface area is 150 Å². The summed E-state index contributed by atoms with van der Waals surface area (Å²) in [6.07, 6.45) is 6.31. The maximum absolute atomic E-state index is 4.61. The fraction of sp³-hybridized carbons (Fsp3) is 0.524. The first kappa shape index (κ1) is 17.9. The number of hydrogen-bond donors (Lipinski definition) is 0. The van der Waals surface area contributed by atoms with Crippen LogP contribution in [0.1, 0.15) is 52.1 Å². The summed E-state index contributed by atoms with van der Waals surface area (Å²) < 4.78 is 2.40. The highest BCUT2D eigenvalue weighted by Gasteiger charge is 2.23. The average molecular weight is 338 g/mol. The van der Waals surface area contributed by atoms with Gasteiger partial charge in [-0.25, -0.2) is 4.98 Å². The molecule has 0 radical (unpaired) electrons. The minimum absolute atomic E-state index is 0.543. The molecule has 1 aliphatic rings. The van der Waals surface area contributed by atoms with Gasteiger partial charge in [0, 0.05) is 30.6 Å². The lowest BCUT2D eigenvalue weighted by Crippen LogP contribution is -2.38. The number of fused-ring (bicyclic) bond motifs is 3. The standard InChI is InChI=1S/C19H24N4.C2H6/c1-13(2)22-8-6-15(7-9-22)23-12-21-18-11-20-17-5-4-14(3)10-16(17)19(18)23;1-2/h4-5,10-13,15H,6-9H2,1-3H3;1-2H3. The van der Waals surface area contributed by atoms with Gasteiger partial charge in [-0.1, -0.05) is 25.5 Å². The van der Waals surface area contributed by atoms with Crippen LogP contribution >= 0.6 is 0 Å².